The lowest BCUT2D eigenvalue weighted by molar-refractivity contribution is 0.0692. The van der Waals surface area contributed by atoms with E-state index in [0.29, 0.717) is 12.6 Å². The number of benzene rings is 1. The Morgan fingerprint density at radius 3 is 2.56 bits per heavy atom. The van der Waals surface area contributed by atoms with E-state index in [-0.39, 0.29) is 5.69 Å². The summed E-state index contributed by atoms with van der Waals surface area (Å²) in [4.78, 5) is 10.7. The fourth-order valence-electron chi connectivity index (χ4n) is 1.62. The van der Waals surface area contributed by atoms with Crippen molar-refractivity contribution in [2.45, 2.75) is 32.6 Å². The van der Waals surface area contributed by atoms with Gasteiger partial charge in [0, 0.05) is 12.6 Å². The number of hydrogen-bond acceptors (Lipinski definition) is 2. The van der Waals surface area contributed by atoms with E-state index in [2.05, 4.69) is 12.2 Å². The standard InChI is InChI=1S/C13H17F2NO2/c1-2-3-4-5-6-16-12-7-9(13(17)18)10(14)8-11(12)15/h7-8,16H,2-6H2,1H3,(H,17,18). The number of unbranched alkanes of at least 4 members (excludes halogenated alkanes) is 3. The Kier molecular flexibility index (Phi) is 5.55. The lowest BCUT2D eigenvalue weighted by atomic mass is 10.1. The van der Waals surface area contributed by atoms with Crippen molar-refractivity contribution in [1.29, 1.82) is 0 Å². The van der Waals surface area contributed by atoms with Crippen LogP contribution < -0.4 is 5.32 Å². The molecule has 0 saturated heterocycles. The van der Waals surface area contributed by atoms with Crippen molar-refractivity contribution in [3.05, 3.63) is 29.3 Å². The van der Waals surface area contributed by atoms with Gasteiger partial charge in [-0.05, 0) is 12.5 Å². The maximum absolute atomic E-state index is 13.4. The average molecular weight is 257 g/mol. The monoisotopic (exact) mass is 257 g/mol. The van der Waals surface area contributed by atoms with Gasteiger partial charge in [0.1, 0.15) is 11.6 Å². The minimum atomic E-state index is -1.40. The van der Waals surface area contributed by atoms with Crippen LogP contribution in [0.15, 0.2) is 12.1 Å². The summed E-state index contributed by atoms with van der Waals surface area (Å²) < 4.78 is 26.5. The van der Waals surface area contributed by atoms with Crippen LogP contribution in [0.4, 0.5) is 14.5 Å². The van der Waals surface area contributed by atoms with E-state index < -0.39 is 23.2 Å². The molecule has 18 heavy (non-hydrogen) atoms. The molecule has 0 bridgehead atoms. The molecule has 5 heteroatoms. The number of nitrogens with one attached hydrogen (secondary N) is 1. The maximum Gasteiger partial charge on any atom is 0.338 e. The minimum absolute atomic E-state index is 0.0327. The summed E-state index contributed by atoms with van der Waals surface area (Å²) in [5, 5.41) is 11.5. The number of hydrogen-bond donors (Lipinski definition) is 2. The molecule has 0 fully saturated rings. The number of aromatic carboxylic acids is 1. The molecule has 0 spiro atoms. The molecule has 2 N–H and O–H groups in total. The summed E-state index contributed by atoms with van der Waals surface area (Å²) in [6.45, 7) is 2.63. The number of carboxylic acid groups (broad SMARTS) is 1. The fraction of sp³-hybridized carbons (Fsp3) is 0.462. The van der Waals surface area contributed by atoms with Crippen LogP contribution in [-0.2, 0) is 0 Å². The Bertz CT molecular complexity index is 422. The van der Waals surface area contributed by atoms with E-state index in [9.17, 15) is 13.6 Å². The van der Waals surface area contributed by atoms with Gasteiger partial charge in [-0.2, -0.15) is 0 Å². The largest absolute Gasteiger partial charge is 0.478 e. The van der Waals surface area contributed by atoms with Crippen LogP contribution in [-0.4, -0.2) is 17.6 Å². The number of halogens is 2. The van der Waals surface area contributed by atoms with Crippen LogP contribution >= 0.6 is 0 Å². The van der Waals surface area contributed by atoms with Gasteiger partial charge >= 0.3 is 5.97 Å². The Balaban J connectivity index is 2.65. The number of carbonyl (C=O) groups is 1. The molecule has 3 nitrogen and oxygen atoms in total. The first-order valence-electron chi connectivity index (χ1n) is 6.02. The summed E-state index contributed by atoms with van der Waals surface area (Å²) in [5.41, 5.74) is -0.488. The second-order valence-electron chi connectivity index (χ2n) is 4.10. The molecule has 0 aliphatic heterocycles. The Morgan fingerprint density at radius 2 is 1.94 bits per heavy atom. The molecule has 0 amide bonds. The molecular formula is C13H17F2NO2. The SMILES string of the molecule is CCCCCCNc1cc(C(=O)O)c(F)cc1F. The molecule has 1 rings (SSSR count). The highest BCUT2D eigenvalue weighted by atomic mass is 19.1. The summed E-state index contributed by atoms with van der Waals surface area (Å²) >= 11 is 0. The predicted octanol–water partition coefficient (Wildman–Crippen LogP) is 3.66. The molecule has 0 radical (unpaired) electrons. The average Bonchev–Trinajstić information content (AvgIpc) is 2.30. The highest BCUT2D eigenvalue weighted by Gasteiger charge is 2.14. The van der Waals surface area contributed by atoms with Gasteiger partial charge in [0.2, 0.25) is 0 Å². The summed E-state index contributed by atoms with van der Waals surface area (Å²) in [6.07, 6.45) is 4.10. The zero-order valence-electron chi connectivity index (χ0n) is 10.3. The summed E-state index contributed by atoms with van der Waals surface area (Å²) in [5.74, 6) is -3.23. The van der Waals surface area contributed by atoms with E-state index in [1.807, 2.05) is 0 Å². The Hall–Kier alpha value is -1.65. The van der Waals surface area contributed by atoms with Crippen molar-refractivity contribution in [1.82, 2.24) is 0 Å². The van der Waals surface area contributed by atoms with Gasteiger partial charge in [-0.3, -0.25) is 0 Å². The van der Waals surface area contributed by atoms with Crippen LogP contribution in [0.2, 0.25) is 0 Å². The molecule has 0 aliphatic carbocycles. The molecule has 0 unspecified atom stereocenters. The summed E-state index contributed by atoms with van der Waals surface area (Å²) in [6, 6.07) is 1.59. The van der Waals surface area contributed by atoms with Crippen LogP contribution in [0.3, 0.4) is 0 Å². The lowest BCUT2D eigenvalue weighted by Crippen LogP contribution is -2.07. The van der Waals surface area contributed by atoms with Crippen LogP contribution in [0.1, 0.15) is 43.0 Å². The molecule has 1 aromatic rings. The summed E-state index contributed by atoms with van der Waals surface area (Å²) in [7, 11) is 0. The predicted molar refractivity (Wildman–Crippen MR) is 65.9 cm³/mol. The third-order valence-electron chi connectivity index (χ3n) is 2.63. The van der Waals surface area contributed by atoms with Gasteiger partial charge < -0.3 is 10.4 Å². The second-order valence-corrected chi connectivity index (χ2v) is 4.10. The van der Waals surface area contributed by atoms with Gasteiger partial charge in [0.05, 0.1) is 11.3 Å². The number of anilines is 1. The normalized spacial score (nSPS) is 10.4. The smallest absolute Gasteiger partial charge is 0.338 e. The van der Waals surface area contributed by atoms with Crippen molar-refractivity contribution in [3.8, 4) is 0 Å². The first-order valence-corrected chi connectivity index (χ1v) is 6.02. The third kappa shape index (κ3) is 3.98. The van der Waals surface area contributed by atoms with Crippen molar-refractivity contribution >= 4 is 11.7 Å². The molecule has 100 valence electrons. The van der Waals surface area contributed by atoms with Crippen molar-refractivity contribution < 1.29 is 18.7 Å². The molecule has 0 heterocycles. The molecule has 0 saturated carbocycles. The van der Waals surface area contributed by atoms with Crippen molar-refractivity contribution in [2.24, 2.45) is 0 Å². The van der Waals surface area contributed by atoms with Crippen LogP contribution in [0, 0.1) is 11.6 Å². The molecule has 0 atom stereocenters. The first-order chi connectivity index (χ1) is 8.56. The third-order valence-corrected chi connectivity index (χ3v) is 2.63. The van der Waals surface area contributed by atoms with Crippen molar-refractivity contribution in [2.75, 3.05) is 11.9 Å². The highest BCUT2D eigenvalue weighted by Crippen LogP contribution is 2.19. The quantitative estimate of drug-likeness (QED) is 0.733. The molecule has 0 aromatic heterocycles. The Morgan fingerprint density at radius 1 is 1.22 bits per heavy atom. The second kappa shape index (κ2) is 6.93. The maximum atomic E-state index is 13.4. The topological polar surface area (TPSA) is 49.3 Å². The minimum Gasteiger partial charge on any atom is -0.478 e. The van der Waals surface area contributed by atoms with E-state index in [0.717, 1.165) is 31.7 Å². The highest BCUT2D eigenvalue weighted by molar-refractivity contribution is 5.89. The molecular weight excluding hydrogens is 240 g/mol. The van der Waals surface area contributed by atoms with E-state index in [1.54, 1.807) is 0 Å². The Labute approximate surface area is 105 Å². The molecule has 0 aliphatic rings. The molecule has 1 aromatic carbocycles. The number of rotatable bonds is 7. The van der Waals surface area contributed by atoms with E-state index in [4.69, 9.17) is 5.11 Å². The van der Waals surface area contributed by atoms with Gasteiger partial charge in [0.15, 0.2) is 0 Å². The van der Waals surface area contributed by atoms with Gasteiger partial charge in [-0.1, -0.05) is 26.2 Å². The van der Waals surface area contributed by atoms with E-state index >= 15 is 0 Å². The lowest BCUT2D eigenvalue weighted by Gasteiger charge is -2.09. The van der Waals surface area contributed by atoms with E-state index in [1.165, 1.54) is 0 Å². The zero-order valence-corrected chi connectivity index (χ0v) is 10.3. The van der Waals surface area contributed by atoms with Crippen LogP contribution in [0.25, 0.3) is 0 Å². The van der Waals surface area contributed by atoms with Gasteiger partial charge in [-0.15, -0.1) is 0 Å². The fourth-order valence-corrected chi connectivity index (χ4v) is 1.62. The van der Waals surface area contributed by atoms with Crippen molar-refractivity contribution in [3.63, 3.8) is 0 Å². The van der Waals surface area contributed by atoms with Crippen LogP contribution in [0.5, 0.6) is 0 Å². The van der Waals surface area contributed by atoms with Gasteiger partial charge in [-0.25, -0.2) is 13.6 Å². The number of carboxylic acids is 1. The van der Waals surface area contributed by atoms with Gasteiger partial charge in [0.25, 0.3) is 0 Å². The zero-order chi connectivity index (χ0) is 13.5. The first kappa shape index (κ1) is 14.4.